The zero-order valence-electron chi connectivity index (χ0n) is 18.1. The van der Waals surface area contributed by atoms with E-state index in [9.17, 15) is 9.59 Å². The van der Waals surface area contributed by atoms with E-state index in [0.717, 1.165) is 11.1 Å². The summed E-state index contributed by atoms with van der Waals surface area (Å²) >= 11 is 19.6. The molecule has 5 nitrogen and oxygen atoms in total. The van der Waals surface area contributed by atoms with Gasteiger partial charge in [0.1, 0.15) is 0 Å². The van der Waals surface area contributed by atoms with Gasteiger partial charge < -0.3 is 5.32 Å². The summed E-state index contributed by atoms with van der Waals surface area (Å²) in [5, 5.41) is 5.48. The molecular weight excluding hydrogens is 513 g/mol. The molecule has 0 aliphatic carbocycles. The number of benzene rings is 3. The molecule has 1 aromatic heterocycles. The molecule has 0 fully saturated rings. The minimum absolute atomic E-state index is 0.0960. The maximum absolute atomic E-state index is 13.3. The van der Waals surface area contributed by atoms with Crippen LogP contribution in [0.2, 0.25) is 15.1 Å². The number of rotatable bonds is 7. The third-order valence-electron chi connectivity index (χ3n) is 5.22. The highest BCUT2D eigenvalue weighted by atomic mass is 35.5. The number of halogens is 3. The standard InChI is InChI=1S/C25H20Cl3N3O2S/c1-15-6-9-18(13-20(15)27)31-24(33)19-4-2-3-5-22(19)30-25(31)34-14-23(32)29-11-10-16-7-8-17(26)12-21(16)28/h2-9,12-13H,10-11,14H2,1H3,(H,29,32). The average Bonchev–Trinajstić information content (AvgIpc) is 2.81. The van der Waals surface area contributed by atoms with Crippen LogP contribution in [0.3, 0.4) is 0 Å². The van der Waals surface area contributed by atoms with E-state index in [1.165, 1.54) is 16.3 Å². The minimum atomic E-state index is -0.217. The van der Waals surface area contributed by atoms with Crippen molar-refractivity contribution in [2.45, 2.75) is 18.5 Å². The molecule has 4 rings (SSSR count). The summed E-state index contributed by atoms with van der Waals surface area (Å²) in [6.07, 6.45) is 0.577. The van der Waals surface area contributed by atoms with Gasteiger partial charge >= 0.3 is 0 Å². The number of fused-ring (bicyclic) bond motifs is 1. The zero-order valence-corrected chi connectivity index (χ0v) is 21.2. The molecule has 1 N–H and O–H groups in total. The second-order valence-electron chi connectivity index (χ2n) is 7.61. The van der Waals surface area contributed by atoms with Gasteiger partial charge in [0.05, 0.1) is 22.3 Å². The number of para-hydroxylation sites is 1. The Morgan fingerprint density at radius 2 is 1.82 bits per heavy atom. The molecule has 0 unspecified atom stereocenters. The van der Waals surface area contributed by atoms with Gasteiger partial charge in [0, 0.05) is 21.6 Å². The highest BCUT2D eigenvalue weighted by Crippen LogP contribution is 2.25. The second kappa shape index (κ2) is 10.8. The zero-order chi connectivity index (χ0) is 24.2. The lowest BCUT2D eigenvalue weighted by Crippen LogP contribution is -2.28. The highest BCUT2D eigenvalue weighted by Gasteiger charge is 2.15. The van der Waals surface area contributed by atoms with E-state index in [2.05, 4.69) is 10.3 Å². The Hall–Kier alpha value is -2.51. The number of aryl methyl sites for hydroxylation is 1. The van der Waals surface area contributed by atoms with E-state index in [0.29, 0.717) is 49.8 Å². The van der Waals surface area contributed by atoms with Crippen LogP contribution in [0, 0.1) is 6.92 Å². The molecule has 0 saturated heterocycles. The van der Waals surface area contributed by atoms with Crippen LogP contribution in [0.1, 0.15) is 11.1 Å². The Labute approximate surface area is 216 Å². The van der Waals surface area contributed by atoms with Gasteiger partial charge in [0.15, 0.2) is 5.16 Å². The van der Waals surface area contributed by atoms with E-state index in [1.807, 2.05) is 31.2 Å². The molecule has 34 heavy (non-hydrogen) atoms. The first-order valence-corrected chi connectivity index (χ1v) is 12.6. The topological polar surface area (TPSA) is 64.0 Å². The number of carbonyl (C=O) groups excluding carboxylic acids is 1. The number of carbonyl (C=O) groups is 1. The summed E-state index contributed by atoms with van der Waals surface area (Å²) in [6.45, 7) is 2.32. The van der Waals surface area contributed by atoms with E-state index >= 15 is 0 Å². The van der Waals surface area contributed by atoms with Crippen LogP contribution in [-0.2, 0) is 11.2 Å². The molecule has 0 saturated carbocycles. The Kier molecular flexibility index (Phi) is 7.84. The normalized spacial score (nSPS) is 11.1. The molecule has 0 atom stereocenters. The van der Waals surface area contributed by atoms with Gasteiger partial charge in [-0.2, -0.15) is 0 Å². The fourth-order valence-corrected chi connectivity index (χ4v) is 4.92. The molecule has 0 spiro atoms. The molecule has 0 aliphatic rings. The summed E-state index contributed by atoms with van der Waals surface area (Å²) in [7, 11) is 0. The van der Waals surface area contributed by atoms with E-state index in [4.69, 9.17) is 34.8 Å². The maximum Gasteiger partial charge on any atom is 0.266 e. The summed E-state index contributed by atoms with van der Waals surface area (Å²) in [5.41, 5.74) is 2.76. The second-order valence-corrected chi connectivity index (χ2v) is 9.80. The molecule has 3 aromatic carbocycles. The predicted molar refractivity (Wildman–Crippen MR) is 141 cm³/mol. The van der Waals surface area contributed by atoms with Crippen LogP contribution in [0.15, 0.2) is 70.6 Å². The number of thioether (sulfide) groups is 1. The smallest absolute Gasteiger partial charge is 0.266 e. The van der Waals surface area contributed by atoms with Gasteiger partial charge in [-0.25, -0.2) is 4.98 Å². The van der Waals surface area contributed by atoms with Crippen molar-refractivity contribution in [2.24, 2.45) is 0 Å². The summed E-state index contributed by atoms with van der Waals surface area (Å²) < 4.78 is 1.50. The van der Waals surface area contributed by atoms with Crippen LogP contribution in [0.25, 0.3) is 16.6 Å². The Morgan fingerprint density at radius 1 is 1.03 bits per heavy atom. The SMILES string of the molecule is Cc1ccc(-n2c(SCC(=O)NCCc3ccc(Cl)cc3Cl)nc3ccccc3c2=O)cc1Cl. The van der Waals surface area contributed by atoms with Crippen molar-refractivity contribution in [1.29, 1.82) is 0 Å². The molecule has 1 heterocycles. The molecule has 0 radical (unpaired) electrons. The van der Waals surface area contributed by atoms with Crippen molar-refractivity contribution in [3.8, 4) is 5.69 Å². The summed E-state index contributed by atoms with van der Waals surface area (Å²) in [6, 6.07) is 17.8. The molecule has 0 bridgehead atoms. The van der Waals surface area contributed by atoms with Gasteiger partial charge in [-0.05, 0) is 60.9 Å². The number of nitrogens with zero attached hydrogens (tertiary/aromatic N) is 2. The van der Waals surface area contributed by atoms with Crippen molar-refractivity contribution in [3.63, 3.8) is 0 Å². The maximum atomic E-state index is 13.3. The molecule has 0 aliphatic heterocycles. The van der Waals surface area contributed by atoms with Gasteiger partial charge in [0.25, 0.3) is 5.56 Å². The van der Waals surface area contributed by atoms with Crippen molar-refractivity contribution in [3.05, 3.63) is 97.2 Å². The van der Waals surface area contributed by atoms with Crippen LogP contribution in [-0.4, -0.2) is 27.8 Å². The van der Waals surface area contributed by atoms with Crippen molar-refractivity contribution in [2.75, 3.05) is 12.3 Å². The van der Waals surface area contributed by atoms with Crippen LogP contribution in [0.4, 0.5) is 0 Å². The lowest BCUT2D eigenvalue weighted by molar-refractivity contribution is -0.118. The van der Waals surface area contributed by atoms with Crippen molar-refractivity contribution >= 4 is 63.4 Å². The van der Waals surface area contributed by atoms with E-state index in [1.54, 1.807) is 36.4 Å². The van der Waals surface area contributed by atoms with Crippen molar-refractivity contribution < 1.29 is 4.79 Å². The third-order valence-corrected chi connectivity index (χ3v) is 7.16. The van der Waals surface area contributed by atoms with Gasteiger partial charge in [-0.15, -0.1) is 0 Å². The number of amides is 1. The predicted octanol–water partition coefficient (Wildman–Crippen LogP) is 6.11. The van der Waals surface area contributed by atoms with Crippen LogP contribution in [0.5, 0.6) is 0 Å². The first-order chi connectivity index (χ1) is 16.3. The first-order valence-electron chi connectivity index (χ1n) is 10.5. The van der Waals surface area contributed by atoms with Crippen LogP contribution >= 0.6 is 46.6 Å². The Morgan fingerprint density at radius 3 is 2.59 bits per heavy atom. The summed E-state index contributed by atoms with van der Waals surface area (Å²) in [5.74, 6) is -0.0791. The Balaban J connectivity index is 1.53. The average molecular weight is 533 g/mol. The number of aromatic nitrogens is 2. The fraction of sp³-hybridized carbons (Fsp3) is 0.160. The number of hydrogen-bond acceptors (Lipinski definition) is 4. The lowest BCUT2D eigenvalue weighted by Gasteiger charge is -2.14. The van der Waals surface area contributed by atoms with Gasteiger partial charge in [-0.1, -0.05) is 70.8 Å². The van der Waals surface area contributed by atoms with E-state index < -0.39 is 0 Å². The molecule has 1 amide bonds. The fourth-order valence-electron chi connectivity index (χ4n) is 3.40. The highest BCUT2D eigenvalue weighted by molar-refractivity contribution is 7.99. The number of nitrogens with one attached hydrogen (secondary N) is 1. The summed E-state index contributed by atoms with van der Waals surface area (Å²) in [4.78, 5) is 30.5. The Bertz CT molecular complexity index is 1440. The van der Waals surface area contributed by atoms with Gasteiger partial charge in [-0.3, -0.25) is 14.2 Å². The van der Waals surface area contributed by atoms with E-state index in [-0.39, 0.29) is 17.2 Å². The number of hydrogen-bond donors (Lipinski definition) is 1. The molecular formula is C25H20Cl3N3O2S. The monoisotopic (exact) mass is 531 g/mol. The molecule has 4 aromatic rings. The van der Waals surface area contributed by atoms with Crippen LogP contribution < -0.4 is 10.9 Å². The largest absolute Gasteiger partial charge is 0.355 e. The molecule has 9 heteroatoms. The third kappa shape index (κ3) is 5.58. The first kappa shape index (κ1) is 24.6. The minimum Gasteiger partial charge on any atom is -0.355 e. The van der Waals surface area contributed by atoms with Crippen molar-refractivity contribution in [1.82, 2.24) is 14.9 Å². The molecule has 174 valence electrons. The lowest BCUT2D eigenvalue weighted by atomic mass is 10.1. The van der Waals surface area contributed by atoms with Gasteiger partial charge in [0.2, 0.25) is 5.91 Å². The quantitative estimate of drug-likeness (QED) is 0.231.